The monoisotopic (exact) mass is 302 g/mol. The van der Waals surface area contributed by atoms with Crippen LogP contribution in [0.3, 0.4) is 0 Å². The number of ether oxygens (including phenoxy) is 1. The van der Waals surface area contributed by atoms with Gasteiger partial charge in [0.25, 0.3) is 5.91 Å². The SMILES string of the molecule is COC1CC(NC(=O)c2ccc(Cl)nc2Cl)C1(C)C. The van der Waals surface area contributed by atoms with E-state index in [1.807, 2.05) is 0 Å². The Bertz CT molecular complexity index is 505. The molecular formula is C13H16Cl2N2O2. The molecule has 1 heterocycles. The number of carbonyl (C=O) groups excluding carboxylic acids is 1. The molecule has 1 amide bonds. The van der Waals surface area contributed by atoms with Gasteiger partial charge in [0.15, 0.2) is 0 Å². The Morgan fingerprint density at radius 1 is 1.47 bits per heavy atom. The van der Waals surface area contributed by atoms with Gasteiger partial charge in [-0.1, -0.05) is 37.0 Å². The van der Waals surface area contributed by atoms with Gasteiger partial charge in [-0.2, -0.15) is 0 Å². The topological polar surface area (TPSA) is 51.2 Å². The molecule has 0 aromatic carbocycles. The quantitative estimate of drug-likeness (QED) is 0.874. The molecule has 1 N–H and O–H groups in total. The maximum Gasteiger partial charge on any atom is 0.254 e. The second kappa shape index (κ2) is 5.27. The van der Waals surface area contributed by atoms with E-state index in [2.05, 4.69) is 24.1 Å². The first-order valence-corrected chi connectivity index (χ1v) is 6.77. The van der Waals surface area contributed by atoms with Crippen molar-refractivity contribution in [2.45, 2.75) is 32.4 Å². The summed E-state index contributed by atoms with van der Waals surface area (Å²) in [6, 6.07) is 3.19. The first kappa shape index (κ1) is 14.6. The van der Waals surface area contributed by atoms with Crippen LogP contribution in [0.1, 0.15) is 30.6 Å². The minimum Gasteiger partial charge on any atom is -0.381 e. The predicted molar refractivity (Wildman–Crippen MR) is 74.7 cm³/mol. The molecule has 0 saturated heterocycles. The zero-order valence-electron chi connectivity index (χ0n) is 11.0. The normalized spacial score (nSPS) is 24.7. The van der Waals surface area contributed by atoms with Crippen molar-refractivity contribution in [1.82, 2.24) is 10.3 Å². The molecule has 2 atom stereocenters. The minimum atomic E-state index is -0.234. The van der Waals surface area contributed by atoms with Gasteiger partial charge in [-0.25, -0.2) is 4.98 Å². The lowest BCUT2D eigenvalue weighted by molar-refractivity contribution is -0.0942. The molecule has 0 radical (unpaired) electrons. The summed E-state index contributed by atoms with van der Waals surface area (Å²) < 4.78 is 5.35. The zero-order valence-corrected chi connectivity index (χ0v) is 12.5. The maximum absolute atomic E-state index is 12.1. The smallest absolute Gasteiger partial charge is 0.254 e. The molecule has 1 aromatic heterocycles. The molecule has 2 unspecified atom stereocenters. The summed E-state index contributed by atoms with van der Waals surface area (Å²) in [5.74, 6) is -0.234. The van der Waals surface area contributed by atoms with E-state index in [1.54, 1.807) is 19.2 Å². The first-order chi connectivity index (χ1) is 8.86. The van der Waals surface area contributed by atoms with E-state index in [0.717, 1.165) is 6.42 Å². The second-order valence-electron chi connectivity index (χ2n) is 5.28. The predicted octanol–water partition coefficient (Wildman–Crippen LogP) is 2.93. The van der Waals surface area contributed by atoms with E-state index in [9.17, 15) is 4.79 Å². The van der Waals surface area contributed by atoms with E-state index in [4.69, 9.17) is 27.9 Å². The third kappa shape index (κ3) is 2.71. The second-order valence-corrected chi connectivity index (χ2v) is 6.03. The van der Waals surface area contributed by atoms with Gasteiger partial charge in [-0.3, -0.25) is 4.79 Å². The molecule has 1 fully saturated rings. The van der Waals surface area contributed by atoms with Crippen LogP contribution in [-0.4, -0.2) is 30.1 Å². The van der Waals surface area contributed by atoms with Gasteiger partial charge in [-0.05, 0) is 18.6 Å². The summed E-state index contributed by atoms with van der Waals surface area (Å²) >= 11 is 11.6. The van der Waals surface area contributed by atoms with Crippen molar-refractivity contribution in [2.24, 2.45) is 5.41 Å². The third-order valence-corrected chi connectivity index (χ3v) is 4.33. The van der Waals surface area contributed by atoms with Crippen LogP contribution in [0.5, 0.6) is 0 Å². The molecule has 0 bridgehead atoms. The van der Waals surface area contributed by atoms with Gasteiger partial charge in [0.2, 0.25) is 0 Å². The van der Waals surface area contributed by atoms with Crippen LogP contribution in [0.15, 0.2) is 12.1 Å². The number of nitrogens with zero attached hydrogens (tertiary/aromatic N) is 1. The maximum atomic E-state index is 12.1. The molecule has 0 aliphatic heterocycles. The molecule has 6 heteroatoms. The highest BCUT2D eigenvalue weighted by Gasteiger charge is 2.49. The summed E-state index contributed by atoms with van der Waals surface area (Å²) in [6.07, 6.45) is 0.963. The summed E-state index contributed by atoms with van der Waals surface area (Å²) in [6.45, 7) is 4.13. The molecule has 2 rings (SSSR count). The Kier molecular flexibility index (Phi) is 4.04. The number of halogens is 2. The number of amides is 1. The van der Waals surface area contributed by atoms with Crippen LogP contribution >= 0.6 is 23.2 Å². The largest absolute Gasteiger partial charge is 0.381 e. The van der Waals surface area contributed by atoms with Gasteiger partial charge in [0.05, 0.1) is 11.7 Å². The van der Waals surface area contributed by atoms with Gasteiger partial charge in [0.1, 0.15) is 10.3 Å². The molecule has 1 aliphatic carbocycles. The van der Waals surface area contributed by atoms with Crippen molar-refractivity contribution in [2.75, 3.05) is 7.11 Å². The lowest BCUT2D eigenvalue weighted by Gasteiger charge is -2.51. The fourth-order valence-electron chi connectivity index (χ4n) is 2.35. The van der Waals surface area contributed by atoms with Gasteiger partial charge < -0.3 is 10.1 Å². The van der Waals surface area contributed by atoms with Crippen molar-refractivity contribution >= 4 is 29.1 Å². The number of pyridine rings is 1. The molecule has 19 heavy (non-hydrogen) atoms. The number of methoxy groups -OCH3 is 1. The number of hydrogen-bond acceptors (Lipinski definition) is 3. The number of carbonyl (C=O) groups is 1. The van der Waals surface area contributed by atoms with Crippen molar-refractivity contribution in [3.05, 3.63) is 28.0 Å². The number of aromatic nitrogens is 1. The minimum absolute atomic E-state index is 0.0664. The Hall–Kier alpha value is -0.840. The average molecular weight is 303 g/mol. The van der Waals surface area contributed by atoms with Crippen LogP contribution in [0.2, 0.25) is 10.3 Å². The van der Waals surface area contributed by atoms with E-state index in [1.165, 1.54) is 0 Å². The Morgan fingerprint density at radius 3 is 2.68 bits per heavy atom. The van der Waals surface area contributed by atoms with E-state index in [-0.39, 0.29) is 33.8 Å². The highest BCUT2D eigenvalue weighted by atomic mass is 35.5. The standard InChI is InChI=1S/C13H16Cl2N2O2/c1-13(2)8(6-9(13)19-3)16-12(18)7-4-5-10(14)17-11(7)15/h4-5,8-9H,6H2,1-3H3,(H,16,18). The molecule has 1 aromatic rings. The highest BCUT2D eigenvalue weighted by Crippen LogP contribution is 2.42. The van der Waals surface area contributed by atoms with Gasteiger partial charge >= 0.3 is 0 Å². The average Bonchev–Trinajstić information content (AvgIpc) is 2.33. The van der Waals surface area contributed by atoms with Gasteiger partial charge in [-0.15, -0.1) is 0 Å². The molecule has 0 spiro atoms. The van der Waals surface area contributed by atoms with Crippen molar-refractivity contribution in [1.29, 1.82) is 0 Å². The fourth-order valence-corrected chi connectivity index (χ4v) is 2.78. The number of rotatable bonds is 3. The molecule has 1 aliphatic rings. The van der Waals surface area contributed by atoms with E-state index in [0.29, 0.717) is 5.56 Å². The summed E-state index contributed by atoms with van der Waals surface area (Å²) in [7, 11) is 1.68. The molecular weight excluding hydrogens is 287 g/mol. The Labute approximate surface area is 122 Å². The van der Waals surface area contributed by atoms with Crippen LogP contribution in [0.25, 0.3) is 0 Å². The van der Waals surface area contributed by atoms with Crippen LogP contribution < -0.4 is 5.32 Å². The molecule has 4 nitrogen and oxygen atoms in total. The number of hydrogen-bond donors (Lipinski definition) is 1. The van der Waals surface area contributed by atoms with Gasteiger partial charge in [0, 0.05) is 18.6 Å². The Balaban J connectivity index is 2.07. The fraction of sp³-hybridized carbons (Fsp3) is 0.538. The number of nitrogens with one attached hydrogen (secondary N) is 1. The lowest BCUT2D eigenvalue weighted by Crippen LogP contribution is -2.61. The van der Waals surface area contributed by atoms with Crippen LogP contribution in [-0.2, 0) is 4.74 Å². The molecule has 104 valence electrons. The van der Waals surface area contributed by atoms with Crippen molar-refractivity contribution in [3.63, 3.8) is 0 Å². The van der Waals surface area contributed by atoms with E-state index >= 15 is 0 Å². The summed E-state index contributed by atoms with van der Waals surface area (Å²) in [5.41, 5.74) is 0.249. The summed E-state index contributed by atoms with van der Waals surface area (Å²) in [4.78, 5) is 16.0. The zero-order chi connectivity index (χ0) is 14.2. The van der Waals surface area contributed by atoms with Crippen LogP contribution in [0.4, 0.5) is 0 Å². The molecule has 1 saturated carbocycles. The van der Waals surface area contributed by atoms with Crippen molar-refractivity contribution < 1.29 is 9.53 Å². The first-order valence-electron chi connectivity index (χ1n) is 6.02. The highest BCUT2D eigenvalue weighted by molar-refractivity contribution is 6.34. The van der Waals surface area contributed by atoms with Crippen LogP contribution in [0, 0.1) is 5.41 Å². The lowest BCUT2D eigenvalue weighted by atomic mass is 9.64. The summed E-state index contributed by atoms with van der Waals surface area (Å²) in [5, 5.41) is 3.35. The van der Waals surface area contributed by atoms with Crippen molar-refractivity contribution in [3.8, 4) is 0 Å². The van der Waals surface area contributed by atoms with E-state index < -0.39 is 0 Å². The Morgan fingerprint density at radius 2 is 2.16 bits per heavy atom. The third-order valence-electron chi connectivity index (χ3n) is 3.83.